The molecule has 13 rings (SSSR count). The first-order valence-electron chi connectivity index (χ1n) is 21.5. The van der Waals surface area contributed by atoms with Gasteiger partial charge in [0.15, 0.2) is 5.82 Å². The Morgan fingerprint density at radius 1 is 0.312 bits per heavy atom. The molecule has 0 amide bonds. The third kappa shape index (κ3) is 5.43. The Labute approximate surface area is 371 Å². The summed E-state index contributed by atoms with van der Waals surface area (Å²) in [6.45, 7) is -0.964. The highest BCUT2D eigenvalue weighted by Gasteiger charge is 2.37. The van der Waals surface area contributed by atoms with Gasteiger partial charge in [-0.1, -0.05) is 164 Å². The van der Waals surface area contributed by atoms with E-state index in [1.54, 1.807) is 0 Å². The molecular weight excluding hydrogens is 818 g/mol. The fourth-order valence-electron chi connectivity index (χ4n) is 9.92. The van der Waals surface area contributed by atoms with Crippen LogP contribution in [0.5, 0.6) is 0 Å². The van der Waals surface area contributed by atoms with Crippen LogP contribution in [0, 0.1) is 0 Å². The van der Waals surface area contributed by atoms with Crippen LogP contribution in [0.25, 0.3) is 87.9 Å². The number of nitrogens with zero attached hydrogens (tertiary/aromatic N) is 5. The molecule has 0 saturated heterocycles. The molecular formula is C57H38N5PS. The van der Waals surface area contributed by atoms with E-state index in [0.29, 0.717) is 17.7 Å². The van der Waals surface area contributed by atoms with Gasteiger partial charge in [0, 0.05) is 52.0 Å². The molecule has 0 aliphatic rings. The smallest absolute Gasteiger partial charge is 0.240 e. The Balaban J connectivity index is 1.14. The predicted octanol–water partition coefficient (Wildman–Crippen LogP) is 15.8. The molecule has 13 aromatic rings. The van der Waals surface area contributed by atoms with Crippen LogP contribution in [0.2, 0.25) is 0 Å². The van der Waals surface area contributed by atoms with Crippen LogP contribution in [-0.4, -0.2) is 24.1 Å². The molecule has 0 spiro atoms. The quantitative estimate of drug-likeness (QED) is 0.160. The van der Waals surface area contributed by atoms with Crippen LogP contribution < -0.4 is 0 Å². The van der Waals surface area contributed by atoms with Gasteiger partial charge >= 0.3 is 0 Å². The molecule has 0 radical (unpaired) electrons. The zero-order valence-electron chi connectivity index (χ0n) is 34.5. The highest BCUT2D eigenvalue weighted by molar-refractivity contribution is 8.77. The van der Waals surface area contributed by atoms with Crippen LogP contribution in [0.4, 0.5) is 0 Å². The first-order chi connectivity index (χ1) is 31.8. The molecule has 302 valence electrons. The number of aromatic nitrogens is 5. The highest BCUT2D eigenvalue weighted by Crippen LogP contribution is 2.87. The molecule has 0 bridgehead atoms. The Bertz CT molecular complexity index is 3590. The van der Waals surface area contributed by atoms with Crippen molar-refractivity contribution in [2.75, 3.05) is 0 Å². The Morgan fingerprint density at radius 2 is 0.672 bits per heavy atom. The first-order valence-corrected chi connectivity index (χ1v) is 25.1. The third-order valence-electron chi connectivity index (χ3n) is 12.6. The lowest BCUT2D eigenvalue weighted by atomic mass is 10.2. The summed E-state index contributed by atoms with van der Waals surface area (Å²) in [6, 6.07) is 84.0. The summed E-state index contributed by atoms with van der Waals surface area (Å²) in [5.41, 5.74) is 5.10. The lowest BCUT2D eigenvalue weighted by Gasteiger charge is -2.42. The van der Waals surface area contributed by atoms with Crippen LogP contribution in [-0.2, 0) is 0 Å². The maximum absolute atomic E-state index is 5.50. The lowest BCUT2D eigenvalue weighted by molar-refractivity contribution is 0.892. The van der Waals surface area contributed by atoms with Gasteiger partial charge in [0.1, 0.15) is 0 Å². The maximum Gasteiger partial charge on any atom is 0.240 e. The molecule has 0 N–H and O–H groups in total. The largest absolute Gasteiger partial charge is 0.278 e. The Morgan fingerprint density at radius 3 is 1.11 bits per heavy atom. The van der Waals surface area contributed by atoms with Gasteiger partial charge in [0.05, 0.1) is 22.1 Å². The number of para-hydroxylation sites is 4. The molecule has 4 aromatic heterocycles. The minimum Gasteiger partial charge on any atom is -0.278 e. The van der Waals surface area contributed by atoms with Gasteiger partial charge in [-0.25, -0.2) is 0 Å². The zero-order valence-corrected chi connectivity index (χ0v) is 36.2. The summed E-state index contributed by atoms with van der Waals surface area (Å²) >= 11 is 0. The van der Waals surface area contributed by atoms with E-state index in [-0.39, 0.29) is 0 Å². The van der Waals surface area contributed by atoms with Crippen molar-refractivity contribution in [1.82, 2.24) is 24.1 Å². The lowest BCUT2D eigenvalue weighted by Crippen LogP contribution is -2.10. The maximum atomic E-state index is 5.50. The zero-order chi connectivity index (χ0) is 42.2. The summed E-state index contributed by atoms with van der Waals surface area (Å²) < 4.78 is 4.41. The molecule has 0 atom stereocenters. The molecule has 0 unspecified atom stereocenters. The number of hydrogen-bond donors (Lipinski definition) is 0. The van der Waals surface area contributed by atoms with Crippen molar-refractivity contribution in [2.24, 2.45) is 0 Å². The fraction of sp³-hybridized carbons (Fsp3) is 0. The van der Waals surface area contributed by atoms with Crippen LogP contribution in [0.3, 0.4) is 0 Å². The number of benzene rings is 9. The van der Waals surface area contributed by atoms with Crippen molar-refractivity contribution in [3.8, 4) is 23.3 Å². The number of fused-ring (bicyclic) bond motifs is 9. The van der Waals surface area contributed by atoms with Crippen LogP contribution in [0.1, 0.15) is 0 Å². The molecule has 4 heterocycles. The van der Waals surface area contributed by atoms with Crippen molar-refractivity contribution in [1.29, 1.82) is 0 Å². The summed E-state index contributed by atoms with van der Waals surface area (Å²) in [4.78, 5) is 20.3. The average Bonchev–Trinajstić information content (AvgIpc) is 4.01. The number of rotatable bonds is 7. The van der Waals surface area contributed by atoms with E-state index >= 15 is 0 Å². The van der Waals surface area contributed by atoms with Crippen molar-refractivity contribution < 1.29 is 0 Å². The van der Waals surface area contributed by atoms with E-state index in [0.717, 1.165) is 49.2 Å². The summed E-state index contributed by atoms with van der Waals surface area (Å²) in [7, 11) is -2.01. The van der Waals surface area contributed by atoms with Gasteiger partial charge in [-0.15, -0.1) is 9.65 Å². The molecule has 7 heteroatoms. The van der Waals surface area contributed by atoms with Gasteiger partial charge < -0.3 is 0 Å². The van der Waals surface area contributed by atoms with Crippen molar-refractivity contribution >= 4 is 81.0 Å². The predicted molar refractivity (Wildman–Crippen MR) is 269 cm³/mol. The van der Waals surface area contributed by atoms with E-state index in [9.17, 15) is 0 Å². The van der Waals surface area contributed by atoms with E-state index in [4.69, 9.17) is 15.0 Å². The van der Waals surface area contributed by atoms with E-state index < -0.39 is 16.4 Å². The molecule has 0 aliphatic heterocycles. The minimum absolute atomic E-state index is 0.567. The second-order valence-corrected chi connectivity index (χ2v) is 22.9. The second kappa shape index (κ2) is 14.7. The monoisotopic (exact) mass is 855 g/mol. The van der Waals surface area contributed by atoms with Crippen molar-refractivity contribution in [3.05, 3.63) is 231 Å². The fourth-order valence-corrected chi connectivity index (χ4v) is 20.9. The highest BCUT2D eigenvalue weighted by atomic mass is 32.8. The molecule has 0 saturated carbocycles. The second-order valence-electron chi connectivity index (χ2n) is 16.1. The van der Waals surface area contributed by atoms with E-state index in [2.05, 4.69) is 240 Å². The van der Waals surface area contributed by atoms with Crippen LogP contribution in [0.15, 0.2) is 245 Å². The van der Waals surface area contributed by atoms with E-state index in [1.807, 2.05) is 0 Å². The average molecular weight is 856 g/mol. The van der Waals surface area contributed by atoms with Crippen LogP contribution >= 0.6 is 16.4 Å². The molecule has 9 aromatic carbocycles. The summed E-state index contributed by atoms with van der Waals surface area (Å²) in [5, 5.41) is 10.1. The topological polar surface area (TPSA) is 48.5 Å². The molecule has 64 heavy (non-hydrogen) atoms. The van der Waals surface area contributed by atoms with Gasteiger partial charge in [-0.2, -0.15) is 15.0 Å². The van der Waals surface area contributed by atoms with Gasteiger partial charge in [0.2, 0.25) is 11.9 Å². The van der Waals surface area contributed by atoms with Gasteiger partial charge in [0.25, 0.3) is 0 Å². The van der Waals surface area contributed by atoms with E-state index in [1.165, 1.54) is 35.7 Å². The van der Waals surface area contributed by atoms with Gasteiger partial charge in [-0.05, 0) is 83.6 Å². The van der Waals surface area contributed by atoms with Crippen molar-refractivity contribution in [3.63, 3.8) is 0 Å². The summed E-state index contributed by atoms with van der Waals surface area (Å²) in [6.07, 6.45) is 0. The Kier molecular flexibility index (Phi) is 8.45. The first kappa shape index (κ1) is 36.9. The third-order valence-corrected chi connectivity index (χ3v) is 22.4. The number of hydrogen-bond acceptors (Lipinski definition) is 3. The van der Waals surface area contributed by atoms with Gasteiger partial charge in [-0.3, -0.25) is 9.13 Å². The normalized spacial score (nSPS) is 12.3. The molecule has 0 aliphatic carbocycles. The summed E-state index contributed by atoms with van der Waals surface area (Å²) in [5.74, 6) is 1.75. The molecule has 0 fully saturated rings. The standard InChI is InChI=1S/C57H38N5PS/c1-3-21-40(22-4-1)64(41-23-5-2-6-24-41,63-53-36-17-11-30-47(53)48-31-12-18-37-54(48)63)42-25-19-20-39(38-42)55-58-56(61-49-32-13-7-26-43(49)44-27-8-14-33-50(44)61)60-57(59-55)62-51-34-15-9-28-45(51)46-29-10-16-35-52(46)62/h1-38H. The van der Waals surface area contributed by atoms with Crippen molar-refractivity contribution in [2.45, 2.75) is 14.7 Å². The molecule has 5 nitrogen and oxygen atoms in total. The SMILES string of the molecule is c1ccc(S(c2ccccc2)(c2cccc(-c3nc(-n4c5ccccc5c5ccccc54)nc(-n4c5ccccc5c5ccccc54)n3)c2)p2c3ccccc3c3ccccc32)cc1. The Hall–Kier alpha value is -7.76. The minimum atomic E-state index is -2.01.